The van der Waals surface area contributed by atoms with Crippen molar-refractivity contribution >= 4 is 16.6 Å². The Hall–Kier alpha value is -2.93. The normalized spacial score (nSPS) is 15.4. The molecular formula is C20H23N5O2. The smallest absolute Gasteiger partial charge is 0.268 e. The molecule has 140 valence electrons. The monoisotopic (exact) mass is 365 g/mol. The van der Waals surface area contributed by atoms with Gasteiger partial charge in [-0.05, 0) is 19.1 Å². The molecule has 1 fully saturated rings. The summed E-state index contributed by atoms with van der Waals surface area (Å²) in [6, 6.07) is 9.24. The number of anilines is 1. The van der Waals surface area contributed by atoms with Crippen molar-refractivity contribution in [2.24, 2.45) is 7.05 Å². The highest BCUT2D eigenvalue weighted by atomic mass is 16.1. The van der Waals surface area contributed by atoms with Crippen LogP contribution in [0.4, 0.5) is 5.69 Å². The molecule has 1 aliphatic rings. The van der Waals surface area contributed by atoms with Crippen LogP contribution in [0.3, 0.4) is 0 Å². The molecule has 27 heavy (non-hydrogen) atoms. The lowest BCUT2D eigenvalue weighted by atomic mass is 10.1. The number of aromatic nitrogens is 3. The first-order chi connectivity index (χ1) is 13.0. The Labute approximate surface area is 156 Å². The predicted molar refractivity (Wildman–Crippen MR) is 106 cm³/mol. The molecule has 0 aliphatic carbocycles. The zero-order chi connectivity index (χ0) is 19.0. The first-order valence-corrected chi connectivity index (χ1v) is 9.13. The van der Waals surface area contributed by atoms with Crippen molar-refractivity contribution in [3.8, 4) is 0 Å². The molecule has 0 unspecified atom stereocenters. The summed E-state index contributed by atoms with van der Waals surface area (Å²) < 4.78 is 1.33. The zero-order valence-electron chi connectivity index (χ0n) is 15.6. The largest absolute Gasteiger partial charge is 0.368 e. The highest BCUT2D eigenvalue weighted by Crippen LogP contribution is 2.15. The van der Waals surface area contributed by atoms with Gasteiger partial charge < -0.3 is 9.88 Å². The summed E-state index contributed by atoms with van der Waals surface area (Å²) in [5, 5.41) is 4.83. The van der Waals surface area contributed by atoms with Crippen molar-refractivity contribution in [1.29, 1.82) is 0 Å². The lowest BCUT2D eigenvalue weighted by molar-refractivity contribution is 0.247. The fourth-order valence-corrected chi connectivity index (χ4v) is 3.54. The van der Waals surface area contributed by atoms with Gasteiger partial charge in [-0.25, -0.2) is 4.68 Å². The van der Waals surface area contributed by atoms with E-state index in [2.05, 4.69) is 19.9 Å². The molecule has 1 saturated heterocycles. The van der Waals surface area contributed by atoms with E-state index in [9.17, 15) is 9.59 Å². The summed E-state index contributed by atoms with van der Waals surface area (Å²) in [6.07, 6.45) is 1.74. The fourth-order valence-electron chi connectivity index (χ4n) is 3.54. The number of rotatable bonds is 3. The lowest BCUT2D eigenvalue weighted by Gasteiger charge is -2.35. The number of hydrogen-bond acceptors (Lipinski definition) is 5. The molecule has 2 aromatic heterocycles. The van der Waals surface area contributed by atoms with Gasteiger partial charge in [0.15, 0.2) is 5.43 Å². The Bertz CT molecular complexity index is 1090. The van der Waals surface area contributed by atoms with Crippen molar-refractivity contribution in [2.45, 2.75) is 13.5 Å². The molecule has 3 heterocycles. The van der Waals surface area contributed by atoms with Crippen LogP contribution >= 0.6 is 0 Å². The van der Waals surface area contributed by atoms with E-state index in [1.165, 1.54) is 4.68 Å². The molecule has 0 radical (unpaired) electrons. The quantitative estimate of drug-likeness (QED) is 0.756. The van der Waals surface area contributed by atoms with Gasteiger partial charge in [0.2, 0.25) is 0 Å². The maximum Gasteiger partial charge on any atom is 0.268 e. The summed E-state index contributed by atoms with van der Waals surface area (Å²) in [5.41, 5.74) is 3.73. The molecule has 1 aromatic carbocycles. The summed E-state index contributed by atoms with van der Waals surface area (Å²) >= 11 is 0. The molecule has 0 amide bonds. The van der Waals surface area contributed by atoms with Crippen LogP contribution in [-0.2, 0) is 13.6 Å². The number of H-pyrrole nitrogens is 1. The highest BCUT2D eigenvalue weighted by Gasteiger charge is 2.18. The van der Waals surface area contributed by atoms with Crippen LogP contribution in [0, 0.1) is 6.92 Å². The van der Waals surface area contributed by atoms with Gasteiger partial charge in [0.1, 0.15) is 0 Å². The third-order valence-corrected chi connectivity index (χ3v) is 5.13. The van der Waals surface area contributed by atoms with Gasteiger partial charge in [-0.2, -0.15) is 5.10 Å². The number of nitrogens with zero attached hydrogens (tertiary/aromatic N) is 4. The minimum Gasteiger partial charge on any atom is -0.368 e. The minimum absolute atomic E-state index is 0.0623. The number of pyridine rings is 1. The van der Waals surface area contributed by atoms with Crippen LogP contribution in [-0.4, -0.2) is 45.8 Å². The van der Waals surface area contributed by atoms with E-state index in [1.807, 2.05) is 25.1 Å². The van der Waals surface area contributed by atoms with Crippen LogP contribution in [0.15, 0.2) is 46.1 Å². The lowest BCUT2D eigenvalue weighted by Crippen LogP contribution is -2.46. The molecule has 4 rings (SSSR count). The first-order valence-electron chi connectivity index (χ1n) is 9.13. The molecule has 0 spiro atoms. The minimum atomic E-state index is -0.0982. The van der Waals surface area contributed by atoms with Gasteiger partial charge >= 0.3 is 0 Å². The maximum absolute atomic E-state index is 12.4. The van der Waals surface area contributed by atoms with Gasteiger partial charge in [0.05, 0.1) is 11.9 Å². The maximum atomic E-state index is 12.4. The third kappa shape index (κ3) is 3.64. The van der Waals surface area contributed by atoms with Crippen LogP contribution in [0.5, 0.6) is 0 Å². The van der Waals surface area contributed by atoms with Crippen LogP contribution in [0.2, 0.25) is 0 Å². The number of benzene rings is 1. The van der Waals surface area contributed by atoms with Gasteiger partial charge in [-0.15, -0.1) is 0 Å². The average molecular weight is 365 g/mol. The molecule has 7 heteroatoms. The predicted octanol–water partition coefficient (Wildman–Crippen LogP) is 1.25. The molecule has 7 nitrogen and oxygen atoms in total. The van der Waals surface area contributed by atoms with E-state index in [0.717, 1.165) is 54.0 Å². The van der Waals surface area contributed by atoms with Crippen molar-refractivity contribution in [3.05, 3.63) is 68.4 Å². The third-order valence-electron chi connectivity index (χ3n) is 5.13. The molecular weight excluding hydrogens is 342 g/mol. The average Bonchev–Trinajstić information content (AvgIpc) is 2.65. The molecule has 1 N–H and O–H groups in total. The number of piperazine rings is 1. The van der Waals surface area contributed by atoms with Crippen LogP contribution in [0.25, 0.3) is 10.9 Å². The van der Waals surface area contributed by atoms with Crippen molar-refractivity contribution in [1.82, 2.24) is 19.7 Å². The van der Waals surface area contributed by atoms with Crippen molar-refractivity contribution in [2.75, 3.05) is 31.1 Å². The molecule has 3 aromatic rings. The highest BCUT2D eigenvalue weighted by molar-refractivity contribution is 5.79. The van der Waals surface area contributed by atoms with Gasteiger partial charge in [0.25, 0.3) is 5.56 Å². The molecule has 0 saturated carbocycles. The summed E-state index contributed by atoms with van der Waals surface area (Å²) in [4.78, 5) is 32.1. The number of nitrogens with one attached hydrogen (secondary N) is 1. The van der Waals surface area contributed by atoms with E-state index in [-0.39, 0.29) is 11.0 Å². The van der Waals surface area contributed by atoms with Crippen LogP contribution in [0.1, 0.15) is 11.3 Å². The second-order valence-corrected chi connectivity index (χ2v) is 7.15. The standard InChI is InChI=1S/C20H23N5O2/c1-14-3-4-18-17(9-14)19(26)10-15(22-18)13-24-5-7-25(8-6-24)16-11-20(27)23(2)21-12-16/h3-4,9-12H,5-8,13H2,1-2H3,(H,22,26). The zero-order valence-corrected chi connectivity index (χ0v) is 15.6. The second kappa shape index (κ2) is 7.00. The fraction of sp³-hybridized carbons (Fsp3) is 0.350. The Morgan fingerprint density at radius 3 is 2.59 bits per heavy atom. The summed E-state index contributed by atoms with van der Waals surface area (Å²) in [5.74, 6) is 0. The van der Waals surface area contributed by atoms with Gasteiger partial charge in [0, 0.05) is 68.5 Å². The number of aryl methyl sites for hydroxylation is 2. The van der Waals surface area contributed by atoms with Crippen molar-refractivity contribution in [3.63, 3.8) is 0 Å². The Morgan fingerprint density at radius 1 is 1.07 bits per heavy atom. The van der Waals surface area contributed by atoms with Gasteiger partial charge in [-0.1, -0.05) is 11.6 Å². The summed E-state index contributed by atoms with van der Waals surface area (Å²) in [7, 11) is 1.65. The topological polar surface area (TPSA) is 74.2 Å². The molecule has 0 atom stereocenters. The second-order valence-electron chi connectivity index (χ2n) is 7.15. The molecule has 0 bridgehead atoms. The van der Waals surface area contributed by atoms with Crippen LogP contribution < -0.4 is 15.9 Å². The first kappa shape index (κ1) is 17.5. The number of aromatic amines is 1. The van der Waals surface area contributed by atoms with E-state index >= 15 is 0 Å². The Balaban J connectivity index is 1.45. The molecule has 1 aliphatic heterocycles. The van der Waals surface area contributed by atoms with E-state index < -0.39 is 0 Å². The summed E-state index contributed by atoms with van der Waals surface area (Å²) in [6.45, 7) is 6.08. The Kier molecular flexibility index (Phi) is 4.53. The Morgan fingerprint density at radius 2 is 1.85 bits per heavy atom. The van der Waals surface area contributed by atoms with E-state index in [0.29, 0.717) is 6.54 Å². The SMILES string of the molecule is Cc1ccc2[nH]c(CN3CCN(c4cnn(C)c(=O)c4)CC3)cc(=O)c2c1. The van der Waals surface area contributed by atoms with E-state index in [1.54, 1.807) is 25.4 Å². The number of hydrogen-bond donors (Lipinski definition) is 1. The van der Waals surface area contributed by atoms with Crippen molar-refractivity contribution < 1.29 is 0 Å². The number of fused-ring (bicyclic) bond motifs is 1. The van der Waals surface area contributed by atoms with E-state index in [4.69, 9.17) is 0 Å². The van der Waals surface area contributed by atoms with Gasteiger partial charge in [-0.3, -0.25) is 14.5 Å².